The summed E-state index contributed by atoms with van der Waals surface area (Å²) < 4.78 is 5.89. The zero-order valence-electron chi connectivity index (χ0n) is 17.3. The molecule has 0 spiro atoms. The van der Waals surface area contributed by atoms with Gasteiger partial charge in [-0.25, -0.2) is 0 Å². The largest absolute Gasteiger partial charge is 0.481 e. The number of hydrogen-bond acceptors (Lipinski definition) is 5. The zero-order valence-corrected chi connectivity index (χ0v) is 17.3. The Bertz CT molecular complexity index is 1140. The highest BCUT2D eigenvalue weighted by Gasteiger charge is 2.15. The van der Waals surface area contributed by atoms with Gasteiger partial charge in [-0.3, -0.25) is 4.79 Å². The molecule has 0 bridgehead atoms. The summed E-state index contributed by atoms with van der Waals surface area (Å²) in [6.45, 7) is 0.449. The van der Waals surface area contributed by atoms with Gasteiger partial charge in [-0.1, -0.05) is 48.5 Å². The summed E-state index contributed by atoms with van der Waals surface area (Å²) in [6.07, 6.45) is 0.507. The number of carbonyl (C=O) groups is 1. The number of aromatic nitrogens is 3. The van der Waals surface area contributed by atoms with Crippen LogP contribution in [0, 0.1) is 0 Å². The van der Waals surface area contributed by atoms with E-state index in [2.05, 4.69) is 10.2 Å². The van der Waals surface area contributed by atoms with Gasteiger partial charge in [0.1, 0.15) is 22.5 Å². The molecule has 1 N–H and O–H groups in total. The highest BCUT2D eigenvalue weighted by molar-refractivity contribution is 5.77. The molecule has 0 unspecified atom stereocenters. The molecule has 1 aromatic heterocycles. The van der Waals surface area contributed by atoms with Crippen LogP contribution in [0.1, 0.15) is 11.1 Å². The Morgan fingerprint density at radius 1 is 0.968 bits per heavy atom. The van der Waals surface area contributed by atoms with Crippen LogP contribution in [-0.2, 0) is 17.8 Å². The molecule has 1 heterocycles. The molecular weight excluding hydrogens is 392 g/mol. The number of hydrogen-bond donors (Lipinski definition) is 1. The number of ether oxygens (including phenoxy) is 1. The molecule has 0 saturated heterocycles. The number of benzene rings is 3. The highest BCUT2D eigenvalue weighted by atomic mass is 16.5. The van der Waals surface area contributed by atoms with E-state index in [4.69, 9.17) is 4.74 Å². The SMILES string of the molecule is CN(Cc1ccccc1)C(=O)COc1ccc(CCO)cc1-n1nc2ccccc2n1. The van der Waals surface area contributed by atoms with E-state index in [9.17, 15) is 9.90 Å². The van der Waals surface area contributed by atoms with Crippen molar-refractivity contribution in [2.24, 2.45) is 0 Å². The second-order valence-corrected chi connectivity index (χ2v) is 7.28. The average Bonchev–Trinajstić information content (AvgIpc) is 3.23. The standard InChI is InChI=1S/C24H24N4O3/c1-27(16-19-7-3-2-4-8-19)24(30)17-31-23-12-11-18(13-14-29)15-22(23)28-25-20-9-5-6-10-21(20)26-28/h2-12,15,29H,13-14,16-17H2,1H3. The highest BCUT2D eigenvalue weighted by Crippen LogP contribution is 2.25. The molecule has 0 aliphatic rings. The second kappa shape index (κ2) is 9.40. The topological polar surface area (TPSA) is 80.5 Å². The van der Waals surface area contributed by atoms with Gasteiger partial charge < -0.3 is 14.7 Å². The van der Waals surface area contributed by atoms with Crippen molar-refractivity contribution < 1.29 is 14.6 Å². The number of rotatable bonds is 8. The Labute approximate surface area is 180 Å². The van der Waals surface area contributed by atoms with Crippen molar-refractivity contribution in [1.29, 1.82) is 0 Å². The molecule has 0 aliphatic carbocycles. The quantitative estimate of drug-likeness (QED) is 0.478. The fraction of sp³-hybridized carbons (Fsp3) is 0.208. The van der Waals surface area contributed by atoms with E-state index in [-0.39, 0.29) is 19.1 Å². The normalized spacial score (nSPS) is 10.9. The van der Waals surface area contributed by atoms with E-state index >= 15 is 0 Å². The van der Waals surface area contributed by atoms with Crippen molar-refractivity contribution >= 4 is 16.9 Å². The lowest BCUT2D eigenvalue weighted by Crippen LogP contribution is -2.31. The molecular formula is C24H24N4O3. The minimum atomic E-state index is -0.132. The third-order valence-electron chi connectivity index (χ3n) is 4.97. The van der Waals surface area contributed by atoms with E-state index in [0.29, 0.717) is 24.4 Å². The molecule has 0 fully saturated rings. The maximum absolute atomic E-state index is 12.6. The van der Waals surface area contributed by atoms with Crippen LogP contribution in [0.15, 0.2) is 72.8 Å². The van der Waals surface area contributed by atoms with Crippen molar-refractivity contribution in [2.45, 2.75) is 13.0 Å². The van der Waals surface area contributed by atoms with Gasteiger partial charge in [0.2, 0.25) is 0 Å². The first kappa shape index (κ1) is 20.6. The van der Waals surface area contributed by atoms with Crippen molar-refractivity contribution in [3.8, 4) is 11.4 Å². The van der Waals surface area contributed by atoms with Gasteiger partial charge >= 0.3 is 0 Å². The summed E-state index contributed by atoms with van der Waals surface area (Å²) in [5, 5.41) is 18.4. The fourth-order valence-electron chi connectivity index (χ4n) is 3.29. The Morgan fingerprint density at radius 3 is 2.32 bits per heavy atom. The lowest BCUT2D eigenvalue weighted by molar-refractivity contribution is -0.132. The number of nitrogens with zero attached hydrogens (tertiary/aromatic N) is 4. The maximum atomic E-state index is 12.6. The first-order valence-electron chi connectivity index (χ1n) is 10.1. The predicted molar refractivity (Wildman–Crippen MR) is 118 cm³/mol. The van der Waals surface area contributed by atoms with Crippen molar-refractivity contribution in [3.63, 3.8) is 0 Å². The van der Waals surface area contributed by atoms with Crippen LogP contribution in [0.3, 0.4) is 0 Å². The van der Waals surface area contributed by atoms with Crippen molar-refractivity contribution in [1.82, 2.24) is 19.9 Å². The summed E-state index contributed by atoms with van der Waals surface area (Å²) >= 11 is 0. The van der Waals surface area contributed by atoms with E-state index in [1.807, 2.05) is 66.7 Å². The third kappa shape index (κ3) is 4.90. The number of amides is 1. The minimum absolute atomic E-state index is 0.0386. The molecule has 0 saturated carbocycles. The van der Waals surface area contributed by atoms with Gasteiger partial charge in [0.15, 0.2) is 6.61 Å². The van der Waals surface area contributed by atoms with Crippen LogP contribution in [0.5, 0.6) is 5.75 Å². The fourth-order valence-corrected chi connectivity index (χ4v) is 3.29. The molecule has 4 aromatic rings. The van der Waals surface area contributed by atoms with E-state index in [0.717, 1.165) is 22.2 Å². The Kier molecular flexibility index (Phi) is 6.24. The number of aliphatic hydroxyl groups is 1. The lowest BCUT2D eigenvalue weighted by Gasteiger charge is -2.18. The van der Waals surface area contributed by atoms with Crippen molar-refractivity contribution in [3.05, 3.63) is 83.9 Å². The van der Waals surface area contributed by atoms with Gasteiger partial charge in [-0.2, -0.15) is 0 Å². The molecule has 0 radical (unpaired) electrons. The third-order valence-corrected chi connectivity index (χ3v) is 4.97. The Morgan fingerprint density at radius 2 is 1.65 bits per heavy atom. The van der Waals surface area contributed by atoms with Gasteiger partial charge in [0.25, 0.3) is 5.91 Å². The summed E-state index contributed by atoms with van der Waals surface area (Å²) in [7, 11) is 1.76. The van der Waals surface area contributed by atoms with Crippen LogP contribution in [0.25, 0.3) is 16.7 Å². The van der Waals surface area contributed by atoms with E-state index in [1.165, 1.54) is 4.80 Å². The van der Waals surface area contributed by atoms with Crippen LogP contribution in [0.4, 0.5) is 0 Å². The summed E-state index contributed by atoms with van der Waals surface area (Å²) in [6, 6.07) is 22.9. The van der Waals surface area contributed by atoms with Gasteiger partial charge in [-0.05, 0) is 41.8 Å². The second-order valence-electron chi connectivity index (χ2n) is 7.28. The van der Waals surface area contributed by atoms with Crippen LogP contribution >= 0.6 is 0 Å². The van der Waals surface area contributed by atoms with Gasteiger partial charge in [0.05, 0.1) is 0 Å². The lowest BCUT2D eigenvalue weighted by atomic mass is 10.1. The van der Waals surface area contributed by atoms with Gasteiger partial charge in [0, 0.05) is 20.2 Å². The summed E-state index contributed by atoms with van der Waals surface area (Å²) in [5.41, 5.74) is 4.14. The molecule has 0 atom stereocenters. The number of fused-ring (bicyclic) bond motifs is 1. The van der Waals surface area contributed by atoms with Crippen LogP contribution < -0.4 is 4.74 Å². The van der Waals surface area contributed by atoms with E-state index in [1.54, 1.807) is 18.0 Å². The Balaban J connectivity index is 1.54. The van der Waals surface area contributed by atoms with E-state index < -0.39 is 0 Å². The average molecular weight is 416 g/mol. The monoisotopic (exact) mass is 416 g/mol. The summed E-state index contributed by atoms with van der Waals surface area (Å²) in [4.78, 5) is 15.8. The minimum Gasteiger partial charge on any atom is -0.481 e. The maximum Gasteiger partial charge on any atom is 0.260 e. The van der Waals surface area contributed by atoms with Crippen LogP contribution in [0.2, 0.25) is 0 Å². The molecule has 1 amide bonds. The molecule has 7 nitrogen and oxygen atoms in total. The van der Waals surface area contributed by atoms with Crippen LogP contribution in [-0.4, -0.2) is 51.2 Å². The molecule has 31 heavy (non-hydrogen) atoms. The first-order chi connectivity index (χ1) is 15.1. The summed E-state index contributed by atoms with van der Waals surface area (Å²) in [5.74, 6) is 0.372. The molecule has 4 rings (SSSR count). The molecule has 158 valence electrons. The van der Waals surface area contributed by atoms with Crippen molar-refractivity contribution in [2.75, 3.05) is 20.3 Å². The predicted octanol–water partition coefficient (Wildman–Crippen LogP) is 2.99. The Hall–Kier alpha value is -3.71. The van der Waals surface area contributed by atoms with Gasteiger partial charge in [-0.15, -0.1) is 15.0 Å². The smallest absolute Gasteiger partial charge is 0.260 e. The number of likely N-dealkylation sites (N-methyl/N-ethyl adjacent to an activating group) is 1. The zero-order chi connectivity index (χ0) is 21.6. The molecule has 0 aliphatic heterocycles. The number of aliphatic hydroxyl groups excluding tert-OH is 1. The first-order valence-corrected chi connectivity index (χ1v) is 10.1. The molecule has 7 heteroatoms. The molecule has 3 aromatic carbocycles. The number of carbonyl (C=O) groups excluding carboxylic acids is 1.